The SMILES string of the molecule is COc1ccc(N(C)C(=O)c2ccc(C(=O)N(C)c3ccc(OC)cc3)cc2)cc1. The van der Waals surface area contributed by atoms with Crippen LogP contribution >= 0.6 is 0 Å². The van der Waals surface area contributed by atoms with Crippen LogP contribution in [0.1, 0.15) is 20.7 Å². The molecule has 6 nitrogen and oxygen atoms in total. The first-order valence-corrected chi connectivity index (χ1v) is 9.39. The van der Waals surface area contributed by atoms with E-state index in [0.717, 1.165) is 22.9 Å². The van der Waals surface area contributed by atoms with Gasteiger partial charge in [-0.25, -0.2) is 0 Å². The standard InChI is InChI=1S/C24H24N2O4/c1-25(19-9-13-21(29-3)14-10-19)23(27)17-5-7-18(8-6-17)24(28)26(2)20-11-15-22(30-4)16-12-20/h5-16H,1-4H3. The highest BCUT2D eigenvalue weighted by molar-refractivity contribution is 6.08. The zero-order valence-corrected chi connectivity index (χ0v) is 17.5. The van der Waals surface area contributed by atoms with Crippen molar-refractivity contribution >= 4 is 23.2 Å². The minimum absolute atomic E-state index is 0.164. The number of hydrogen-bond acceptors (Lipinski definition) is 4. The summed E-state index contributed by atoms with van der Waals surface area (Å²) in [5, 5.41) is 0. The lowest BCUT2D eigenvalue weighted by Gasteiger charge is -2.19. The van der Waals surface area contributed by atoms with Crippen LogP contribution in [0.3, 0.4) is 0 Å². The predicted molar refractivity (Wildman–Crippen MR) is 118 cm³/mol. The maximum atomic E-state index is 12.8. The molecular weight excluding hydrogens is 380 g/mol. The van der Waals surface area contributed by atoms with Crippen molar-refractivity contribution in [2.24, 2.45) is 0 Å². The average Bonchev–Trinajstić information content (AvgIpc) is 2.82. The first-order valence-electron chi connectivity index (χ1n) is 9.39. The van der Waals surface area contributed by atoms with E-state index in [9.17, 15) is 9.59 Å². The fraction of sp³-hybridized carbons (Fsp3) is 0.167. The fourth-order valence-electron chi connectivity index (χ4n) is 2.99. The minimum atomic E-state index is -0.164. The summed E-state index contributed by atoms with van der Waals surface area (Å²) in [6.07, 6.45) is 0. The predicted octanol–water partition coefficient (Wildman–Crippen LogP) is 4.26. The molecule has 0 bridgehead atoms. The molecule has 0 spiro atoms. The maximum absolute atomic E-state index is 12.8. The number of methoxy groups -OCH3 is 2. The quantitative estimate of drug-likeness (QED) is 0.616. The molecular formula is C24H24N2O4. The van der Waals surface area contributed by atoms with E-state index in [1.807, 2.05) is 24.3 Å². The first kappa shape index (κ1) is 20.9. The number of anilines is 2. The lowest BCUT2D eigenvalue weighted by molar-refractivity contribution is 0.0981. The van der Waals surface area contributed by atoms with Crippen molar-refractivity contribution < 1.29 is 19.1 Å². The molecule has 2 amide bonds. The van der Waals surface area contributed by atoms with Gasteiger partial charge in [-0.05, 0) is 72.8 Å². The number of hydrogen-bond donors (Lipinski definition) is 0. The van der Waals surface area contributed by atoms with Crippen molar-refractivity contribution in [3.63, 3.8) is 0 Å². The van der Waals surface area contributed by atoms with E-state index < -0.39 is 0 Å². The Morgan fingerprint density at radius 1 is 0.567 bits per heavy atom. The summed E-state index contributed by atoms with van der Waals surface area (Å²) in [5.74, 6) is 1.12. The third-order valence-electron chi connectivity index (χ3n) is 4.91. The van der Waals surface area contributed by atoms with Gasteiger partial charge in [-0.1, -0.05) is 0 Å². The number of ether oxygens (including phenoxy) is 2. The highest BCUT2D eigenvalue weighted by Gasteiger charge is 2.17. The Hall–Kier alpha value is -3.80. The molecule has 0 heterocycles. The fourth-order valence-corrected chi connectivity index (χ4v) is 2.99. The summed E-state index contributed by atoms with van der Waals surface area (Å²) in [5.41, 5.74) is 2.49. The summed E-state index contributed by atoms with van der Waals surface area (Å²) >= 11 is 0. The first-order chi connectivity index (χ1) is 14.4. The molecule has 3 aromatic carbocycles. The van der Waals surface area contributed by atoms with E-state index in [-0.39, 0.29) is 11.8 Å². The van der Waals surface area contributed by atoms with E-state index in [0.29, 0.717) is 11.1 Å². The van der Waals surface area contributed by atoms with Gasteiger partial charge in [0.05, 0.1) is 14.2 Å². The van der Waals surface area contributed by atoms with Crippen LogP contribution in [-0.2, 0) is 0 Å². The van der Waals surface area contributed by atoms with Crippen LogP contribution in [0.5, 0.6) is 11.5 Å². The van der Waals surface area contributed by atoms with Crippen molar-refractivity contribution in [2.75, 3.05) is 38.1 Å². The number of carbonyl (C=O) groups excluding carboxylic acids is 2. The highest BCUT2D eigenvalue weighted by atomic mass is 16.5. The van der Waals surface area contributed by atoms with Crippen LogP contribution < -0.4 is 19.3 Å². The molecule has 0 saturated carbocycles. The Kier molecular flexibility index (Phi) is 6.37. The zero-order valence-electron chi connectivity index (χ0n) is 17.5. The van der Waals surface area contributed by atoms with E-state index in [4.69, 9.17) is 9.47 Å². The van der Waals surface area contributed by atoms with Gasteiger partial charge in [0, 0.05) is 36.6 Å². The number of benzene rings is 3. The molecule has 30 heavy (non-hydrogen) atoms. The number of carbonyl (C=O) groups is 2. The third-order valence-corrected chi connectivity index (χ3v) is 4.91. The minimum Gasteiger partial charge on any atom is -0.497 e. The molecule has 3 aromatic rings. The summed E-state index contributed by atoms with van der Waals surface area (Å²) in [6, 6.07) is 21.1. The smallest absolute Gasteiger partial charge is 0.258 e. The Morgan fingerprint density at radius 2 is 0.867 bits per heavy atom. The van der Waals surface area contributed by atoms with Gasteiger partial charge < -0.3 is 19.3 Å². The van der Waals surface area contributed by atoms with Gasteiger partial charge >= 0.3 is 0 Å². The topological polar surface area (TPSA) is 59.1 Å². The summed E-state index contributed by atoms with van der Waals surface area (Å²) < 4.78 is 10.3. The summed E-state index contributed by atoms with van der Waals surface area (Å²) in [6.45, 7) is 0. The Bertz CT molecular complexity index is 928. The molecule has 0 atom stereocenters. The van der Waals surface area contributed by atoms with Crippen LogP contribution in [0, 0.1) is 0 Å². The van der Waals surface area contributed by atoms with Crippen LogP contribution in [0.15, 0.2) is 72.8 Å². The Labute approximate surface area is 176 Å². The molecule has 0 N–H and O–H groups in total. The van der Waals surface area contributed by atoms with Crippen LogP contribution in [0.4, 0.5) is 11.4 Å². The second-order valence-corrected chi connectivity index (χ2v) is 6.70. The van der Waals surface area contributed by atoms with Gasteiger partial charge in [-0.3, -0.25) is 9.59 Å². The van der Waals surface area contributed by atoms with Crippen LogP contribution in [0.25, 0.3) is 0 Å². The van der Waals surface area contributed by atoms with E-state index in [2.05, 4.69) is 0 Å². The molecule has 0 aliphatic carbocycles. The van der Waals surface area contributed by atoms with Gasteiger partial charge in [-0.15, -0.1) is 0 Å². The molecule has 0 unspecified atom stereocenters. The molecule has 0 aromatic heterocycles. The van der Waals surface area contributed by atoms with Crippen molar-refractivity contribution in [1.82, 2.24) is 0 Å². The summed E-state index contributed by atoms with van der Waals surface area (Å²) in [7, 11) is 6.61. The lowest BCUT2D eigenvalue weighted by atomic mass is 10.1. The maximum Gasteiger partial charge on any atom is 0.258 e. The molecule has 154 valence electrons. The Morgan fingerprint density at radius 3 is 1.13 bits per heavy atom. The monoisotopic (exact) mass is 404 g/mol. The zero-order chi connectivity index (χ0) is 21.7. The number of nitrogens with zero attached hydrogens (tertiary/aromatic N) is 2. The van der Waals surface area contributed by atoms with Gasteiger partial charge in [-0.2, -0.15) is 0 Å². The molecule has 3 rings (SSSR count). The van der Waals surface area contributed by atoms with Crippen molar-refractivity contribution in [1.29, 1.82) is 0 Å². The largest absolute Gasteiger partial charge is 0.497 e. The van der Waals surface area contributed by atoms with Gasteiger partial charge in [0.2, 0.25) is 0 Å². The molecule has 0 aliphatic rings. The van der Waals surface area contributed by atoms with Crippen LogP contribution in [-0.4, -0.2) is 40.1 Å². The van der Waals surface area contributed by atoms with Gasteiger partial charge in [0.15, 0.2) is 0 Å². The lowest BCUT2D eigenvalue weighted by Crippen LogP contribution is -2.27. The molecule has 6 heteroatoms. The van der Waals surface area contributed by atoms with E-state index in [1.54, 1.807) is 86.6 Å². The normalized spacial score (nSPS) is 10.3. The summed E-state index contributed by atoms with van der Waals surface area (Å²) in [4.78, 5) is 28.7. The van der Waals surface area contributed by atoms with Gasteiger partial charge in [0.1, 0.15) is 11.5 Å². The molecule has 0 saturated heterocycles. The second-order valence-electron chi connectivity index (χ2n) is 6.70. The van der Waals surface area contributed by atoms with Crippen molar-refractivity contribution in [3.8, 4) is 11.5 Å². The third kappa shape index (κ3) is 4.43. The number of rotatable bonds is 6. The second kappa shape index (κ2) is 9.13. The van der Waals surface area contributed by atoms with Crippen LogP contribution in [0.2, 0.25) is 0 Å². The molecule has 0 radical (unpaired) electrons. The van der Waals surface area contributed by atoms with E-state index >= 15 is 0 Å². The van der Waals surface area contributed by atoms with Crippen molar-refractivity contribution in [2.45, 2.75) is 0 Å². The Balaban J connectivity index is 1.72. The van der Waals surface area contributed by atoms with Crippen molar-refractivity contribution in [3.05, 3.63) is 83.9 Å². The highest BCUT2D eigenvalue weighted by Crippen LogP contribution is 2.22. The molecule has 0 fully saturated rings. The number of amides is 2. The van der Waals surface area contributed by atoms with E-state index in [1.165, 1.54) is 0 Å². The average molecular weight is 404 g/mol. The molecule has 0 aliphatic heterocycles. The van der Waals surface area contributed by atoms with Gasteiger partial charge in [0.25, 0.3) is 11.8 Å².